The lowest BCUT2D eigenvalue weighted by Gasteiger charge is -2.03. The number of carbonyl (C=O) groups is 1. The Kier molecular flexibility index (Phi) is 2.78. The van der Waals surface area contributed by atoms with Gasteiger partial charge in [-0.05, 0) is 23.8 Å². The fraction of sp³-hybridized carbons (Fsp3) is 0.0909. The van der Waals surface area contributed by atoms with E-state index in [4.69, 9.17) is 11.5 Å². The molecule has 1 aromatic carbocycles. The fourth-order valence-corrected chi connectivity index (χ4v) is 1.53. The summed E-state index contributed by atoms with van der Waals surface area (Å²) in [5.41, 5.74) is 12.0. The van der Waals surface area contributed by atoms with E-state index in [0.717, 1.165) is 0 Å². The Balaban J connectivity index is 2.22. The van der Waals surface area contributed by atoms with E-state index in [-0.39, 0.29) is 0 Å². The Labute approximate surface area is 96.8 Å². The van der Waals surface area contributed by atoms with E-state index in [2.05, 4.69) is 5.10 Å². The molecule has 0 aliphatic heterocycles. The van der Waals surface area contributed by atoms with Crippen molar-refractivity contribution in [3.63, 3.8) is 0 Å². The number of nitrogen functional groups attached to an aromatic ring is 1. The summed E-state index contributed by atoms with van der Waals surface area (Å²) >= 11 is 0. The van der Waals surface area contributed by atoms with Gasteiger partial charge in [0.05, 0.1) is 18.3 Å². The average Bonchev–Trinajstić information content (AvgIpc) is 2.64. The summed E-state index contributed by atoms with van der Waals surface area (Å²) in [6.07, 6.45) is 2.87. The summed E-state index contributed by atoms with van der Waals surface area (Å²) in [7, 11) is 0. The average molecular weight is 234 g/mol. The van der Waals surface area contributed by atoms with Crippen molar-refractivity contribution in [3.8, 4) is 0 Å². The van der Waals surface area contributed by atoms with Gasteiger partial charge in [-0.2, -0.15) is 5.10 Å². The standard InChI is InChI=1S/C11H11FN4O/c12-9-1-7(2-10(13)3-9)5-16-6-8(4-15-16)11(14)17/h1-4,6H,5,13H2,(H2,14,17). The van der Waals surface area contributed by atoms with Gasteiger partial charge >= 0.3 is 0 Å². The molecule has 0 saturated carbocycles. The molecule has 5 nitrogen and oxygen atoms in total. The number of rotatable bonds is 3. The van der Waals surface area contributed by atoms with Gasteiger partial charge in [0.1, 0.15) is 5.82 Å². The monoisotopic (exact) mass is 234 g/mol. The van der Waals surface area contributed by atoms with E-state index in [1.54, 1.807) is 6.07 Å². The molecule has 4 N–H and O–H groups in total. The van der Waals surface area contributed by atoms with Crippen LogP contribution in [-0.4, -0.2) is 15.7 Å². The minimum Gasteiger partial charge on any atom is -0.399 e. The highest BCUT2D eigenvalue weighted by Gasteiger charge is 2.05. The van der Waals surface area contributed by atoms with Crippen LogP contribution in [0.1, 0.15) is 15.9 Å². The number of aromatic nitrogens is 2. The van der Waals surface area contributed by atoms with Crippen LogP contribution in [0.25, 0.3) is 0 Å². The van der Waals surface area contributed by atoms with Crippen molar-refractivity contribution < 1.29 is 9.18 Å². The zero-order chi connectivity index (χ0) is 12.4. The van der Waals surface area contributed by atoms with Gasteiger partial charge in [0.25, 0.3) is 5.91 Å². The van der Waals surface area contributed by atoms with Crippen LogP contribution in [0, 0.1) is 5.82 Å². The van der Waals surface area contributed by atoms with Crippen LogP contribution < -0.4 is 11.5 Å². The minimum absolute atomic E-state index is 0.314. The summed E-state index contributed by atoms with van der Waals surface area (Å²) in [5, 5.41) is 3.94. The van der Waals surface area contributed by atoms with Gasteiger partial charge in [-0.15, -0.1) is 0 Å². The maximum Gasteiger partial charge on any atom is 0.251 e. The Bertz CT molecular complexity index is 544. The van der Waals surface area contributed by atoms with E-state index < -0.39 is 11.7 Å². The quantitative estimate of drug-likeness (QED) is 0.768. The molecule has 0 aliphatic rings. The van der Waals surface area contributed by atoms with Crippen LogP contribution in [0.2, 0.25) is 0 Å². The van der Waals surface area contributed by atoms with Crippen molar-refractivity contribution in [3.05, 3.63) is 47.5 Å². The van der Waals surface area contributed by atoms with E-state index in [0.29, 0.717) is 23.4 Å². The number of amides is 1. The Hall–Kier alpha value is -2.37. The van der Waals surface area contributed by atoms with Crippen molar-refractivity contribution >= 4 is 11.6 Å². The number of nitrogens with two attached hydrogens (primary N) is 2. The van der Waals surface area contributed by atoms with Gasteiger partial charge in [0.2, 0.25) is 0 Å². The highest BCUT2D eigenvalue weighted by Crippen LogP contribution is 2.12. The highest BCUT2D eigenvalue weighted by atomic mass is 19.1. The smallest absolute Gasteiger partial charge is 0.251 e. The molecule has 2 aromatic rings. The molecule has 0 bridgehead atoms. The number of primary amides is 1. The Morgan fingerprint density at radius 1 is 1.41 bits per heavy atom. The lowest BCUT2D eigenvalue weighted by molar-refractivity contribution is 0.1000. The first kappa shape index (κ1) is 11.1. The molecule has 1 aromatic heterocycles. The molecule has 0 unspecified atom stereocenters. The van der Waals surface area contributed by atoms with Crippen molar-refractivity contribution in [2.24, 2.45) is 5.73 Å². The zero-order valence-corrected chi connectivity index (χ0v) is 8.93. The van der Waals surface area contributed by atoms with Crippen LogP contribution in [0.5, 0.6) is 0 Å². The summed E-state index contributed by atoms with van der Waals surface area (Å²) in [6.45, 7) is 0.329. The number of benzene rings is 1. The normalized spacial score (nSPS) is 10.4. The lowest BCUT2D eigenvalue weighted by Crippen LogP contribution is -2.09. The third-order valence-corrected chi connectivity index (χ3v) is 2.24. The Morgan fingerprint density at radius 3 is 2.76 bits per heavy atom. The number of hydrogen-bond acceptors (Lipinski definition) is 3. The maximum atomic E-state index is 13.1. The predicted molar refractivity (Wildman–Crippen MR) is 60.7 cm³/mol. The number of anilines is 1. The van der Waals surface area contributed by atoms with Crippen molar-refractivity contribution in [1.29, 1.82) is 0 Å². The molecule has 1 heterocycles. The summed E-state index contributed by atoms with van der Waals surface area (Å²) in [4.78, 5) is 10.9. The van der Waals surface area contributed by atoms with Crippen LogP contribution in [-0.2, 0) is 6.54 Å². The van der Waals surface area contributed by atoms with E-state index in [9.17, 15) is 9.18 Å². The SMILES string of the molecule is NC(=O)c1cnn(Cc2cc(N)cc(F)c2)c1. The second-order valence-electron chi connectivity index (χ2n) is 3.68. The predicted octanol–water partition coefficient (Wildman–Crippen LogP) is 0.752. The van der Waals surface area contributed by atoms with Crippen molar-refractivity contribution in [2.75, 3.05) is 5.73 Å². The third kappa shape index (κ3) is 2.60. The Morgan fingerprint density at radius 2 is 2.18 bits per heavy atom. The van der Waals surface area contributed by atoms with Crippen LogP contribution in [0.4, 0.5) is 10.1 Å². The van der Waals surface area contributed by atoms with Crippen molar-refractivity contribution in [1.82, 2.24) is 9.78 Å². The number of hydrogen-bond donors (Lipinski definition) is 2. The molecule has 17 heavy (non-hydrogen) atoms. The molecular weight excluding hydrogens is 223 g/mol. The highest BCUT2D eigenvalue weighted by molar-refractivity contribution is 5.92. The van der Waals surface area contributed by atoms with Crippen LogP contribution in [0.15, 0.2) is 30.6 Å². The van der Waals surface area contributed by atoms with Crippen LogP contribution >= 0.6 is 0 Å². The van der Waals surface area contributed by atoms with Gasteiger partial charge in [0, 0.05) is 11.9 Å². The van der Waals surface area contributed by atoms with Gasteiger partial charge < -0.3 is 11.5 Å². The summed E-state index contributed by atoms with van der Waals surface area (Å²) in [5.74, 6) is -0.947. The molecule has 0 atom stereocenters. The maximum absolute atomic E-state index is 13.1. The molecule has 1 amide bonds. The molecule has 0 spiro atoms. The molecule has 0 saturated heterocycles. The molecule has 88 valence electrons. The van der Waals surface area contributed by atoms with E-state index in [1.807, 2.05) is 0 Å². The van der Waals surface area contributed by atoms with Crippen LogP contribution in [0.3, 0.4) is 0 Å². The molecule has 2 rings (SSSR count). The van der Waals surface area contributed by atoms with Crippen molar-refractivity contribution in [2.45, 2.75) is 6.54 Å². The van der Waals surface area contributed by atoms with Gasteiger partial charge in [-0.3, -0.25) is 9.48 Å². The number of carbonyl (C=O) groups excluding carboxylic acids is 1. The molecule has 0 aliphatic carbocycles. The minimum atomic E-state index is -0.546. The first-order valence-corrected chi connectivity index (χ1v) is 4.92. The largest absolute Gasteiger partial charge is 0.399 e. The summed E-state index contributed by atoms with van der Waals surface area (Å²) < 4.78 is 14.6. The number of nitrogens with zero attached hydrogens (tertiary/aromatic N) is 2. The second kappa shape index (κ2) is 4.25. The summed E-state index contributed by atoms with van der Waals surface area (Å²) in [6, 6.07) is 4.25. The third-order valence-electron chi connectivity index (χ3n) is 2.24. The fourth-order valence-electron chi connectivity index (χ4n) is 1.53. The molecular formula is C11H11FN4O. The topological polar surface area (TPSA) is 86.9 Å². The number of halogens is 1. The second-order valence-corrected chi connectivity index (χ2v) is 3.68. The molecule has 6 heteroatoms. The first-order chi connectivity index (χ1) is 8.04. The van der Waals surface area contributed by atoms with Gasteiger partial charge in [-0.25, -0.2) is 4.39 Å². The zero-order valence-electron chi connectivity index (χ0n) is 8.93. The van der Waals surface area contributed by atoms with Gasteiger partial charge in [0.15, 0.2) is 0 Å². The lowest BCUT2D eigenvalue weighted by atomic mass is 10.2. The van der Waals surface area contributed by atoms with Gasteiger partial charge in [-0.1, -0.05) is 0 Å². The molecule has 0 fully saturated rings. The van der Waals surface area contributed by atoms with E-state index in [1.165, 1.54) is 29.2 Å². The van der Waals surface area contributed by atoms with E-state index >= 15 is 0 Å². The first-order valence-electron chi connectivity index (χ1n) is 4.92. The molecule has 0 radical (unpaired) electrons.